The molecule has 0 bridgehead atoms. The van der Waals surface area contributed by atoms with Crippen molar-refractivity contribution in [1.29, 1.82) is 0 Å². The quantitative estimate of drug-likeness (QED) is 0.387. The Morgan fingerprint density at radius 3 is 2.37 bits per heavy atom. The standard InChI is InChI=1S/C23H28N6O6/c1-13(2)35-22(31)19-15(4)24-16(5)25-20(19)21(30)27-10-11-28(14(3)12-27)23(32)26-17-6-8-18(9-7-17)29(33)34/h6-9,13-14H,10-12H2,1-5H3,(H,26,32). The molecule has 2 heterocycles. The third-order valence-electron chi connectivity index (χ3n) is 5.46. The normalized spacial score (nSPS) is 15.7. The molecule has 1 aliphatic heterocycles. The van der Waals surface area contributed by atoms with E-state index < -0.39 is 16.8 Å². The molecule has 0 saturated carbocycles. The lowest BCUT2D eigenvalue weighted by Crippen LogP contribution is -2.56. The molecule has 0 radical (unpaired) electrons. The van der Waals surface area contributed by atoms with E-state index in [0.717, 1.165) is 0 Å². The van der Waals surface area contributed by atoms with E-state index in [9.17, 15) is 24.5 Å². The summed E-state index contributed by atoms with van der Waals surface area (Å²) in [4.78, 5) is 60.7. The van der Waals surface area contributed by atoms with Crippen LogP contribution in [-0.2, 0) is 4.74 Å². The second-order valence-electron chi connectivity index (χ2n) is 8.56. The fraction of sp³-hybridized carbons (Fsp3) is 0.435. The third-order valence-corrected chi connectivity index (χ3v) is 5.46. The largest absolute Gasteiger partial charge is 0.459 e. The maximum absolute atomic E-state index is 13.4. The molecule has 1 unspecified atom stereocenters. The topological polar surface area (TPSA) is 148 Å². The van der Waals surface area contributed by atoms with Crippen molar-refractivity contribution in [1.82, 2.24) is 19.8 Å². The van der Waals surface area contributed by atoms with Crippen LogP contribution in [0.2, 0.25) is 0 Å². The number of aromatic nitrogens is 2. The van der Waals surface area contributed by atoms with Crippen molar-refractivity contribution in [3.63, 3.8) is 0 Å². The van der Waals surface area contributed by atoms with Gasteiger partial charge in [0.05, 0.1) is 16.7 Å². The Bertz CT molecular complexity index is 1150. The van der Waals surface area contributed by atoms with Crippen LogP contribution in [0.15, 0.2) is 24.3 Å². The van der Waals surface area contributed by atoms with E-state index in [-0.39, 0.29) is 54.8 Å². The first kappa shape index (κ1) is 25.5. The Labute approximate surface area is 202 Å². The molecule has 0 aliphatic carbocycles. The van der Waals surface area contributed by atoms with Crippen LogP contribution in [0.1, 0.15) is 53.1 Å². The van der Waals surface area contributed by atoms with Crippen molar-refractivity contribution in [3.8, 4) is 0 Å². The predicted molar refractivity (Wildman–Crippen MR) is 126 cm³/mol. The molecule has 186 valence electrons. The van der Waals surface area contributed by atoms with Gasteiger partial charge in [0.25, 0.3) is 11.6 Å². The number of anilines is 1. The summed E-state index contributed by atoms with van der Waals surface area (Å²) in [5.74, 6) is -0.729. The van der Waals surface area contributed by atoms with Gasteiger partial charge in [-0.15, -0.1) is 0 Å². The molecule has 3 rings (SSSR count). The van der Waals surface area contributed by atoms with Crippen LogP contribution in [0.4, 0.5) is 16.2 Å². The lowest BCUT2D eigenvalue weighted by Gasteiger charge is -2.39. The summed E-state index contributed by atoms with van der Waals surface area (Å²) in [7, 11) is 0. The van der Waals surface area contributed by atoms with Gasteiger partial charge < -0.3 is 19.9 Å². The van der Waals surface area contributed by atoms with Gasteiger partial charge in [0.2, 0.25) is 0 Å². The van der Waals surface area contributed by atoms with Crippen molar-refractivity contribution in [2.75, 3.05) is 25.0 Å². The van der Waals surface area contributed by atoms with Crippen LogP contribution in [0.25, 0.3) is 0 Å². The number of benzene rings is 1. The van der Waals surface area contributed by atoms with Crippen LogP contribution in [-0.4, -0.2) is 74.4 Å². The zero-order valence-electron chi connectivity index (χ0n) is 20.3. The molecule has 1 fully saturated rings. The van der Waals surface area contributed by atoms with Crippen molar-refractivity contribution >= 4 is 29.3 Å². The molecule has 1 aromatic carbocycles. The minimum absolute atomic E-state index is 0.0170. The molecule has 3 amide bonds. The van der Waals surface area contributed by atoms with E-state index in [1.165, 1.54) is 24.3 Å². The van der Waals surface area contributed by atoms with Gasteiger partial charge in [-0.2, -0.15) is 0 Å². The van der Waals surface area contributed by atoms with Crippen molar-refractivity contribution < 1.29 is 24.0 Å². The van der Waals surface area contributed by atoms with E-state index in [0.29, 0.717) is 17.2 Å². The summed E-state index contributed by atoms with van der Waals surface area (Å²) in [6, 6.07) is 4.82. The number of aryl methyl sites for hydroxylation is 2. The summed E-state index contributed by atoms with van der Waals surface area (Å²) in [5, 5.41) is 13.5. The van der Waals surface area contributed by atoms with Gasteiger partial charge in [-0.1, -0.05) is 0 Å². The van der Waals surface area contributed by atoms with E-state index in [1.54, 1.807) is 44.4 Å². The lowest BCUT2D eigenvalue weighted by molar-refractivity contribution is -0.384. The molecule has 35 heavy (non-hydrogen) atoms. The highest BCUT2D eigenvalue weighted by molar-refractivity contribution is 6.04. The number of amides is 3. The number of urea groups is 1. The van der Waals surface area contributed by atoms with Gasteiger partial charge in [-0.3, -0.25) is 14.9 Å². The van der Waals surface area contributed by atoms with Crippen molar-refractivity contribution in [2.45, 2.75) is 46.8 Å². The van der Waals surface area contributed by atoms with Gasteiger partial charge in [-0.05, 0) is 46.8 Å². The minimum atomic E-state index is -0.657. The number of piperazine rings is 1. The molecule has 1 aromatic heterocycles. The first-order valence-electron chi connectivity index (χ1n) is 11.2. The van der Waals surface area contributed by atoms with Crippen LogP contribution < -0.4 is 5.32 Å². The number of non-ortho nitro benzene ring substituents is 1. The first-order chi connectivity index (χ1) is 16.5. The number of nitrogens with one attached hydrogen (secondary N) is 1. The highest BCUT2D eigenvalue weighted by atomic mass is 16.6. The van der Waals surface area contributed by atoms with Gasteiger partial charge >= 0.3 is 12.0 Å². The SMILES string of the molecule is Cc1nc(C)c(C(=O)OC(C)C)c(C(=O)N2CCN(C(=O)Nc3ccc([N+](=O)[O-])cc3)C(C)C2)n1. The fourth-order valence-electron chi connectivity index (χ4n) is 3.84. The lowest BCUT2D eigenvalue weighted by atomic mass is 10.1. The number of hydrogen-bond donors (Lipinski definition) is 1. The van der Waals surface area contributed by atoms with Gasteiger partial charge in [0.15, 0.2) is 0 Å². The highest BCUT2D eigenvalue weighted by Crippen LogP contribution is 2.20. The van der Waals surface area contributed by atoms with Crippen LogP contribution in [0.5, 0.6) is 0 Å². The number of ether oxygens (including phenoxy) is 1. The van der Waals surface area contributed by atoms with Crippen LogP contribution in [0.3, 0.4) is 0 Å². The molecular formula is C23H28N6O6. The smallest absolute Gasteiger partial charge is 0.342 e. The minimum Gasteiger partial charge on any atom is -0.459 e. The van der Waals surface area contributed by atoms with E-state index in [1.807, 2.05) is 0 Å². The molecule has 0 spiro atoms. The predicted octanol–water partition coefficient (Wildman–Crippen LogP) is 2.95. The number of rotatable bonds is 5. The average Bonchev–Trinajstić information content (AvgIpc) is 2.77. The number of nitro benzene ring substituents is 1. The zero-order chi connectivity index (χ0) is 25.9. The van der Waals surface area contributed by atoms with E-state index in [2.05, 4.69) is 15.3 Å². The number of hydrogen-bond acceptors (Lipinski definition) is 8. The number of carbonyl (C=O) groups is 3. The third kappa shape index (κ3) is 5.89. The van der Waals surface area contributed by atoms with E-state index in [4.69, 9.17) is 4.74 Å². The van der Waals surface area contributed by atoms with Gasteiger partial charge in [-0.25, -0.2) is 19.6 Å². The summed E-state index contributed by atoms with van der Waals surface area (Å²) in [6.45, 7) is 9.22. The molecule has 1 atom stereocenters. The maximum atomic E-state index is 13.4. The van der Waals surface area contributed by atoms with Gasteiger partial charge in [0, 0.05) is 43.5 Å². The van der Waals surface area contributed by atoms with Crippen LogP contribution >= 0.6 is 0 Å². The van der Waals surface area contributed by atoms with E-state index >= 15 is 0 Å². The average molecular weight is 485 g/mol. The highest BCUT2D eigenvalue weighted by Gasteiger charge is 2.34. The molecular weight excluding hydrogens is 456 g/mol. The summed E-state index contributed by atoms with van der Waals surface area (Å²) in [6.07, 6.45) is -0.371. The maximum Gasteiger partial charge on any atom is 0.342 e. The molecule has 1 saturated heterocycles. The monoisotopic (exact) mass is 484 g/mol. The van der Waals surface area contributed by atoms with Crippen molar-refractivity contribution in [2.24, 2.45) is 0 Å². The molecule has 12 heteroatoms. The Balaban J connectivity index is 1.72. The molecule has 1 N–H and O–H groups in total. The molecule has 2 aromatic rings. The van der Waals surface area contributed by atoms with Gasteiger partial charge in [0.1, 0.15) is 17.1 Å². The number of esters is 1. The summed E-state index contributed by atoms with van der Waals surface area (Å²) < 4.78 is 5.29. The Hall–Kier alpha value is -4.09. The Kier molecular flexibility index (Phi) is 7.62. The first-order valence-corrected chi connectivity index (χ1v) is 11.2. The summed E-state index contributed by atoms with van der Waals surface area (Å²) >= 11 is 0. The second-order valence-corrected chi connectivity index (χ2v) is 8.56. The summed E-state index contributed by atoms with van der Waals surface area (Å²) in [5.41, 5.74) is 0.736. The molecule has 1 aliphatic rings. The number of nitro groups is 1. The van der Waals surface area contributed by atoms with Crippen molar-refractivity contribution in [3.05, 3.63) is 57.2 Å². The number of carbonyl (C=O) groups excluding carboxylic acids is 3. The molecule has 12 nitrogen and oxygen atoms in total. The van der Waals surface area contributed by atoms with Crippen LogP contribution in [0, 0.1) is 24.0 Å². The fourth-order valence-corrected chi connectivity index (χ4v) is 3.84. The second kappa shape index (κ2) is 10.5. The zero-order valence-corrected chi connectivity index (χ0v) is 20.3. The Morgan fingerprint density at radius 2 is 1.80 bits per heavy atom. The Morgan fingerprint density at radius 1 is 1.14 bits per heavy atom. The number of nitrogens with zero attached hydrogens (tertiary/aromatic N) is 5.